The van der Waals surface area contributed by atoms with E-state index in [9.17, 15) is 14.3 Å². The molecule has 4 rings (SSSR count). The molecule has 0 aliphatic heterocycles. The van der Waals surface area contributed by atoms with Crippen molar-refractivity contribution in [3.05, 3.63) is 94.4 Å². The summed E-state index contributed by atoms with van der Waals surface area (Å²) in [6.07, 6.45) is 2.15. The number of methoxy groups -OCH3 is 1. The van der Waals surface area contributed by atoms with Gasteiger partial charge >= 0.3 is 5.97 Å². The third-order valence-corrected chi connectivity index (χ3v) is 5.85. The minimum absolute atomic E-state index is 0.00788. The minimum atomic E-state index is -0.951. The standard InChI is InChI=1S/C26H24ClFN2O4/c1-33-24-11-16(10-20(27)25(24)34-15-17-6-2-4-8-21(17)28)13-29-23(26(31)32)12-18-14-30-22-9-5-3-7-19(18)22/h2-11,14,23,29-30H,12-13,15H2,1H3,(H,31,32)/t23-/m1/s1. The highest BCUT2D eigenvalue weighted by Gasteiger charge is 2.20. The maximum absolute atomic E-state index is 13.9. The maximum Gasteiger partial charge on any atom is 0.321 e. The first-order chi connectivity index (χ1) is 16.5. The molecule has 0 unspecified atom stereocenters. The third-order valence-electron chi connectivity index (χ3n) is 5.57. The Labute approximate surface area is 201 Å². The Bertz CT molecular complexity index is 1310. The Morgan fingerprint density at radius 2 is 1.91 bits per heavy atom. The lowest BCUT2D eigenvalue weighted by atomic mass is 10.0. The second kappa shape index (κ2) is 10.6. The van der Waals surface area contributed by atoms with Crippen molar-refractivity contribution in [2.24, 2.45) is 0 Å². The van der Waals surface area contributed by atoms with Gasteiger partial charge in [0.1, 0.15) is 18.5 Å². The molecule has 0 amide bonds. The minimum Gasteiger partial charge on any atom is -0.493 e. The molecule has 0 radical (unpaired) electrons. The quantitative estimate of drug-likeness (QED) is 0.284. The highest BCUT2D eigenvalue weighted by molar-refractivity contribution is 6.32. The molecule has 0 aliphatic rings. The van der Waals surface area contributed by atoms with Gasteiger partial charge in [-0.3, -0.25) is 4.79 Å². The summed E-state index contributed by atoms with van der Waals surface area (Å²) in [6, 6.07) is 16.7. The Kier molecular flexibility index (Phi) is 7.35. The lowest BCUT2D eigenvalue weighted by molar-refractivity contribution is -0.139. The molecular formula is C26H24ClFN2O4. The van der Waals surface area contributed by atoms with Gasteiger partial charge in [-0.05, 0) is 35.4 Å². The van der Waals surface area contributed by atoms with Crippen molar-refractivity contribution in [1.29, 1.82) is 0 Å². The molecule has 1 aromatic heterocycles. The summed E-state index contributed by atoms with van der Waals surface area (Å²) in [5.41, 5.74) is 3.00. The second-order valence-electron chi connectivity index (χ2n) is 7.82. The molecule has 0 bridgehead atoms. The summed E-state index contributed by atoms with van der Waals surface area (Å²) in [6.45, 7) is 0.245. The van der Waals surface area contributed by atoms with Crippen molar-refractivity contribution < 1.29 is 23.8 Å². The van der Waals surface area contributed by atoms with Crippen LogP contribution in [0, 0.1) is 5.82 Å². The molecule has 176 valence electrons. The maximum atomic E-state index is 13.9. The average Bonchev–Trinajstić information content (AvgIpc) is 3.24. The number of aromatic amines is 1. The fourth-order valence-electron chi connectivity index (χ4n) is 3.79. The zero-order valence-corrected chi connectivity index (χ0v) is 19.2. The van der Waals surface area contributed by atoms with Gasteiger partial charge < -0.3 is 24.9 Å². The number of H-pyrrole nitrogens is 1. The molecular weight excluding hydrogens is 459 g/mol. The second-order valence-corrected chi connectivity index (χ2v) is 8.23. The number of aromatic nitrogens is 1. The molecule has 3 N–H and O–H groups in total. The van der Waals surface area contributed by atoms with Gasteiger partial charge in [0.05, 0.1) is 12.1 Å². The summed E-state index contributed by atoms with van der Waals surface area (Å²) in [5, 5.41) is 14.1. The predicted molar refractivity (Wildman–Crippen MR) is 129 cm³/mol. The molecule has 4 aromatic rings. The molecule has 0 fully saturated rings. The predicted octanol–water partition coefficient (Wildman–Crippen LogP) is 5.33. The molecule has 8 heteroatoms. The van der Waals surface area contributed by atoms with Gasteiger partial charge in [-0.15, -0.1) is 0 Å². The number of hydrogen-bond donors (Lipinski definition) is 3. The number of aliphatic carboxylic acids is 1. The monoisotopic (exact) mass is 482 g/mol. The molecule has 1 heterocycles. The van der Waals surface area contributed by atoms with E-state index in [-0.39, 0.29) is 24.0 Å². The third kappa shape index (κ3) is 5.32. The van der Waals surface area contributed by atoms with Crippen LogP contribution in [0.25, 0.3) is 10.9 Å². The summed E-state index contributed by atoms with van der Waals surface area (Å²) >= 11 is 6.43. The van der Waals surface area contributed by atoms with Crippen LogP contribution in [0.15, 0.2) is 66.9 Å². The number of hydrogen-bond acceptors (Lipinski definition) is 4. The molecule has 0 saturated carbocycles. The topological polar surface area (TPSA) is 83.6 Å². The number of carboxylic acid groups (broad SMARTS) is 1. The van der Waals surface area contributed by atoms with Gasteiger partial charge in [-0.25, -0.2) is 4.39 Å². The van der Waals surface area contributed by atoms with E-state index in [2.05, 4.69) is 10.3 Å². The van der Waals surface area contributed by atoms with E-state index in [1.807, 2.05) is 30.5 Å². The Morgan fingerprint density at radius 1 is 1.15 bits per heavy atom. The Hall–Kier alpha value is -3.55. The first-order valence-corrected chi connectivity index (χ1v) is 11.1. The van der Waals surface area contributed by atoms with Crippen molar-refractivity contribution in [1.82, 2.24) is 10.3 Å². The zero-order valence-electron chi connectivity index (χ0n) is 18.5. The molecule has 1 atom stereocenters. The van der Waals surface area contributed by atoms with E-state index in [0.29, 0.717) is 23.5 Å². The first kappa shape index (κ1) is 23.6. The number of benzene rings is 3. The van der Waals surface area contributed by atoms with E-state index < -0.39 is 12.0 Å². The van der Waals surface area contributed by atoms with Crippen molar-refractivity contribution in [2.75, 3.05) is 7.11 Å². The van der Waals surface area contributed by atoms with Gasteiger partial charge in [0.2, 0.25) is 0 Å². The van der Waals surface area contributed by atoms with Crippen LogP contribution < -0.4 is 14.8 Å². The largest absolute Gasteiger partial charge is 0.493 e. The highest BCUT2D eigenvalue weighted by Crippen LogP contribution is 2.37. The molecule has 0 spiro atoms. The van der Waals surface area contributed by atoms with Crippen molar-refractivity contribution in [3.8, 4) is 11.5 Å². The Morgan fingerprint density at radius 3 is 2.68 bits per heavy atom. The molecule has 0 saturated heterocycles. The Balaban J connectivity index is 1.46. The average molecular weight is 483 g/mol. The van der Waals surface area contributed by atoms with Crippen LogP contribution >= 0.6 is 11.6 Å². The van der Waals surface area contributed by atoms with Crippen LogP contribution in [0.3, 0.4) is 0 Å². The number of fused-ring (bicyclic) bond motifs is 1. The molecule has 0 aliphatic carbocycles. The number of halogens is 2. The van der Waals surface area contributed by atoms with E-state index in [0.717, 1.165) is 22.0 Å². The number of para-hydroxylation sites is 1. The summed E-state index contributed by atoms with van der Waals surface area (Å²) in [4.78, 5) is 15.1. The number of carbonyl (C=O) groups is 1. The first-order valence-electron chi connectivity index (χ1n) is 10.7. The van der Waals surface area contributed by atoms with Crippen LogP contribution in [0.4, 0.5) is 4.39 Å². The number of nitrogens with one attached hydrogen (secondary N) is 2. The van der Waals surface area contributed by atoms with Gasteiger partial charge in [-0.2, -0.15) is 0 Å². The van der Waals surface area contributed by atoms with Gasteiger partial charge in [0, 0.05) is 35.6 Å². The summed E-state index contributed by atoms with van der Waals surface area (Å²) in [5.74, 6) is -0.643. The number of rotatable bonds is 10. The lowest BCUT2D eigenvalue weighted by Gasteiger charge is -2.17. The molecule has 3 aromatic carbocycles. The van der Waals surface area contributed by atoms with Crippen molar-refractivity contribution >= 4 is 28.5 Å². The van der Waals surface area contributed by atoms with Crippen LogP contribution in [0.5, 0.6) is 11.5 Å². The summed E-state index contributed by atoms with van der Waals surface area (Å²) in [7, 11) is 1.48. The number of carboxylic acids is 1. The van der Waals surface area contributed by atoms with Gasteiger partial charge in [-0.1, -0.05) is 48.0 Å². The van der Waals surface area contributed by atoms with Crippen molar-refractivity contribution in [2.45, 2.75) is 25.6 Å². The zero-order chi connectivity index (χ0) is 24.1. The van der Waals surface area contributed by atoms with Crippen LogP contribution in [0.1, 0.15) is 16.7 Å². The van der Waals surface area contributed by atoms with E-state index in [4.69, 9.17) is 21.1 Å². The smallest absolute Gasteiger partial charge is 0.321 e. The molecule has 6 nitrogen and oxygen atoms in total. The lowest BCUT2D eigenvalue weighted by Crippen LogP contribution is -2.38. The van der Waals surface area contributed by atoms with E-state index in [1.54, 1.807) is 30.3 Å². The van der Waals surface area contributed by atoms with Gasteiger partial charge in [0.25, 0.3) is 0 Å². The fourth-order valence-corrected chi connectivity index (χ4v) is 4.08. The SMILES string of the molecule is COc1cc(CN[C@H](Cc2c[nH]c3ccccc23)C(=O)O)cc(Cl)c1OCc1ccccc1F. The normalized spacial score (nSPS) is 12.0. The van der Waals surface area contributed by atoms with Crippen molar-refractivity contribution in [3.63, 3.8) is 0 Å². The number of ether oxygens (including phenoxy) is 2. The van der Waals surface area contributed by atoms with Crippen LogP contribution in [0.2, 0.25) is 5.02 Å². The molecule has 34 heavy (non-hydrogen) atoms. The van der Waals surface area contributed by atoms with E-state index >= 15 is 0 Å². The van der Waals surface area contributed by atoms with Crippen LogP contribution in [-0.4, -0.2) is 29.2 Å². The fraction of sp³-hybridized carbons (Fsp3) is 0.192. The highest BCUT2D eigenvalue weighted by atomic mass is 35.5. The van der Waals surface area contributed by atoms with E-state index in [1.165, 1.54) is 13.2 Å². The van der Waals surface area contributed by atoms with Crippen LogP contribution in [-0.2, 0) is 24.4 Å². The summed E-state index contributed by atoms with van der Waals surface area (Å²) < 4.78 is 25.1. The van der Waals surface area contributed by atoms with Gasteiger partial charge in [0.15, 0.2) is 11.5 Å².